The van der Waals surface area contributed by atoms with Gasteiger partial charge in [-0.1, -0.05) is 6.42 Å². The molecule has 1 unspecified atom stereocenters. The molecule has 1 fully saturated rings. The minimum atomic E-state index is -0.392. The van der Waals surface area contributed by atoms with Gasteiger partial charge in [-0.2, -0.15) is 11.8 Å². The third-order valence-corrected chi connectivity index (χ3v) is 4.56. The van der Waals surface area contributed by atoms with Gasteiger partial charge in [-0.15, -0.1) is 0 Å². The molecule has 2 rings (SSSR count). The van der Waals surface area contributed by atoms with Crippen molar-refractivity contribution in [2.45, 2.75) is 31.4 Å². The second-order valence-electron chi connectivity index (χ2n) is 4.89. The van der Waals surface area contributed by atoms with Gasteiger partial charge in [-0.05, 0) is 31.6 Å². The molecule has 1 saturated heterocycles. The van der Waals surface area contributed by atoms with Gasteiger partial charge in [0.15, 0.2) is 0 Å². The van der Waals surface area contributed by atoms with Crippen molar-refractivity contribution in [1.82, 2.24) is 4.98 Å². The Hall–Kier alpha value is -1.30. The van der Waals surface area contributed by atoms with Gasteiger partial charge < -0.3 is 4.90 Å². The maximum Gasteiger partial charge on any atom is 0.287 e. The van der Waals surface area contributed by atoms with Crippen molar-refractivity contribution in [2.75, 3.05) is 24.2 Å². The zero-order valence-electron chi connectivity index (χ0n) is 11.3. The Balaban J connectivity index is 2.22. The molecule has 0 amide bonds. The van der Waals surface area contributed by atoms with Crippen LogP contribution >= 0.6 is 11.8 Å². The van der Waals surface area contributed by atoms with Crippen LogP contribution in [0.15, 0.2) is 12.3 Å². The van der Waals surface area contributed by atoms with Crippen LogP contribution in [0.4, 0.5) is 11.5 Å². The van der Waals surface area contributed by atoms with Gasteiger partial charge in [0.1, 0.15) is 12.0 Å². The van der Waals surface area contributed by atoms with Crippen LogP contribution in [0.3, 0.4) is 0 Å². The molecule has 6 heteroatoms. The Morgan fingerprint density at radius 1 is 1.53 bits per heavy atom. The quantitative estimate of drug-likeness (QED) is 0.629. The van der Waals surface area contributed by atoms with E-state index in [1.54, 1.807) is 6.07 Å². The zero-order chi connectivity index (χ0) is 13.8. The lowest BCUT2D eigenvalue weighted by Crippen LogP contribution is -2.30. The Morgan fingerprint density at radius 3 is 2.95 bits per heavy atom. The number of aromatic nitrogens is 1. The van der Waals surface area contributed by atoms with Crippen LogP contribution in [0.2, 0.25) is 0 Å². The topological polar surface area (TPSA) is 59.3 Å². The lowest BCUT2D eigenvalue weighted by atomic mass is 10.2. The highest BCUT2D eigenvalue weighted by Crippen LogP contribution is 2.27. The third kappa shape index (κ3) is 3.37. The summed E-state index contributed by atoms with van der Waals surface area (Å²) >= 11 is 1.89. The Bertz CT molecular complexity index is 467. The van der Waals surface area contributed by atoms with Crippen LogP contribution in [-0.4, -0.2) is 34.5 Å². The number of hydrogen-bond acceptors (Lipinski definition) is 5. The SMILES string of the molecule is CSC1CCCCN(c2ncc([N+](=O)[O-])cc2C)C1. The number of thioether (sulfide) groups is 1. The fraction of sp³-hybridized carbons (Fsp3) is 0.615. The number of pyridine rings is 1. The molecule has 5 nitrogen and oxygen atoms in total. The van der Waals surface area contributed by atoms with Crippen LogP contribution in [-0.2, 0) is 0 Å². The Labute approximate surface area is 117 Å². The van der Waals surface area contributed by atoms with Crippen LogP contribution < -0.4 is 4.90 Å². The molecule has 104 valence electrons. The summed E-state index contributed by atoms with van der Waals surface area (Å²) in [6, 6.07) is 1.61. The number of nitrogens with zero attached hydrogens (tertiary/aromatic N) is 3. The smallest absolute Gasteiger partial charge is 0.287 e. The van der Waals surface area contributed by atoms with Crippen LogP contribution in [0, 0.1) is 17.0 Å². The summed E-state index contributed by atoms with van der Waals surface area (Å²) in [5.41, 5.74) is 0.952. The molecule has 1 aliphatic heterocycles. The standard InChI is InChI=1S/C13H19N3O2S/c1-10-7-11(16(17)18)8-14-13(10)15-6-4-3-5-12(9-15)19-2/h7-8,12H,3-6,9H2,1-2H3. The van der Waals surface area contributed by atoms with Crippen LogP contribution in [0.25, 0.3) is 0 Å². The number of anilines is 1. The first-order valence-electron chi connectivity index (χ1n) is 6.50. The highest BCUT2D eigenvalue weighted by atomic mass is 32.2. The zero-order valence-corrected chi connectivity index (χ0v) is 12.2. The minimum Gasteiger partial charge on any atom is -0.355 e. The molecular formula is C13H19N3O2S. The van der Waals surface area contributed by atoms with Crippen molar-refractivity contribution in [2.24, 2.45) is 0 Å². The van der Waals surface area contributed by atoms with E-state index in [0.717, 1.165) is 30.9 Å². The molecule has 1 aromatic rings. The van der Waals surface area contributed by atoms with E-state index < -0.39 is 4.92 Å². The molecule has 0 saturated carbocycles. The highest BCUT2D eigenvalue weighted by Gasteiger charge is 2.20. The molecule has 0 bridgehead atoms. The van der Waals surface area contributed by atoms with Crippen molar-refractivity contribution in [3.63, 3.8) is 0 Å². The summed E-state index contributed by atoms with van der Waals surface area (Å²) in [4.78, 5) is 16.9. The monoisotopic (exact) mass is 281 g/mol. The first kappa shape index (κ1) is 14.1. The molecule has 19 heavy (non-hydrogen) atoms. The number of nitro groups is 1. The Morgan fingerprint density at radius 2 is 2.32 bits per heavy atom. The molecule has 2 heterocycles. The van der Waals surface area contributed by atoms with E-state index in [0.29, 0.717) is 5.25 Å². The van der Waals surface area contributed by atoms with Gasteiger partial charge in [0.2, 0.25) is 0 Å². The molecule has 1 atom stereocenters. The van der Waals surface area contributed by atoms with Crippen LogP contribution in [0.1, 0.15) is 24.8 Å². The summed E-state index contributed by atoms with van der Waals surface area (Å²) in [6.45, 7) is 3.86. The van der Waals surface area contributed by atoms with E-state index >= 15 is 0 Å². The van der Waals surface area contributed by atoms with Gasteiger partial charge in [-0.3, -0.25) is 10.1 Å². The summed E-state index contributed by atoms with van der Waals surface area (Å²) in [5.74, 6) is 0.895. The molecule has 0 radical (unpaired) electrons. The first-order valence-corrected chi connectivity index (χ1v) is 7.79. The van der Waals surface area contributed by atoms with Gasteiger partial charge >= 0.3 is 0 Å². The minimum absolute atomic E-state index is 0.0671. The fourth-order valence-corrected chi connectivity index (χ4v) is 3.20. The highest BCUT2D eigenvalue weighted by molar-refractivity contribution is 7.99. The average molecular weight is 281 g/mol. The van der Waals surface area contributed by atoms with Crippen molar-refractivity contribution >= 4 is 23.3 Å². The maximum atomic E-state index is 10.7. The molecular weight excluding hydrogens is 262 g/mol. The average Bonchev–Trinajstić information content (AvgIpc) is 2.63. The molecule has 1 aromatic heterocycles. The molecule has 0 N–H and O–H groups in total. The predicted molar refractivity (Wildman–Crippen MR) is 79.0 cm³/mol. The molecule has 0 spiro atoms. The summed E-state index contributed by atoms with van der Waals surface area (Å²) in [6.07, 6.45) is 7.15. The van der Waals surface area contributed by atoms with Crippen molar-refractivity contribution in [1.29, 1.82) is 0 Å². The number of rotatable bonds is 3. The van der Waals surface area contributed by atoms with E-state index in [-0.39, 0.29) is 5.69 Å². The summed E-state index contributed by atoms with van der Waals surface area (Å²) < 4.78 is 0. The van der Waals surface area contributed by atoms with E-state index in [1.807, 2.05) is 18.7 Å². The van der Waals surface area contributed by atoms with E-state index in [2.05, 4.69) is 16.1 Å². The molecule has 0 aliphatic carbocycles. The van der Waals surface area contributed by atoms with E-state index in [1.165, 1.54) is 19.0 Å². The van der Waals surface area contributed by atoms with Crippen LogP contribution in [0.5, 0.6) is 0 Å². The van der Waals surface area contributed by atoms with Gasteiger partial charge in [0.25, 0.3) is 5.69 Å². The largest absolute Gasteiger partial charge is 0.355 e. The normalized spacial score (nSPS) is 20.1. The number of aryl methyl sites for hydroxylation is 1. The van der Waals surface area contributed by atoms with Crippen molar-refractivity contribution in [3.05, 3.63) is 27.9 Å². The Kier molecular flexibility index (Phi) is 4.63. The van der Waals surface area contributed by atoms with E-state index in [4.69, 9.17) is 0 Å². The third-order valence-electron chi connectivity index (χ3n) is 3.51. The van der Waals surface area contributed by atoms with Gasteiger partial charge in [0.05, 0.1) is 4.92 Å². The fourth-order valence-electron chi connectivity index (χ4n) is 2.47. The van der Waals surface area contributed by atoms with Crippen molar-refractivity contribution in [3.8, 4) is 0 Å². The van der Waals surface area contributed by atoms with Gasteiger partial charge in [-0.25, -0.2) is 4.98 Å². The predicted octanol–water partition coefficient (Wildman–Crippen LogP) is 3.02. The lowest BCUT2D eigenvalue weighted by molar-refractivity contribution is -0.385. The van der Waals surface area contributed by atoms with E-state index in [9.17, 15) is 10.1 Å². The lowest BCUT2D eigenvalue weighted by Gasteiger charge is -2.25. The second-order valence-corrected chi connectivity index (χ2v) is 6.03. The number of hydrogen-bond donors (Lipinski definition) is 0. The molecule has 1 aliphatic rings. The second kappa shape index (κ2) is 6.23. The summed E-state index contributed by atoms with van der Waals surface area (Å²) in [5, 5.41) is 11.4. The van der Waals surface area contributed by atoms with Crippen molar-refractivity contribution < 1.29 is 4.92 Å². The van der Waals surface area contributed by atoms with Gasteiger partial charge in [0, 0.05) is 24.4 Å². The summed E-state index contributed by atoms with van der Waals surface area (Å²) in [7, 11) is 0. The first-order chi connectivity index (χ1) is 9.11. The maximum absolute atomic E-state index is 10.7. The molecule has 0 aromatic carbocycles.